The number of nitrogens with two attached hydrogens (primary N) is 1. The first kappa shape index (κ1) is 8.73. The molecule has 2 rings (SSSR count). The lowest BCUT2D eigenvalue weighted by atomic mass is 9.81. The highest BCUT2D eigenvalue weighted by molar-refractivity contribution is 5.33. The number of nitrogens with one attached hydrogen (secondary N) is 1. The van der Waals surface area contributed by atoms with Crippen LogP contribution in [0.5, 0.6) is 0 Å². The Morgan fingerprint density at radius 2 is 2.15 bits per heavy atom. The minimum absolute atomic E-state index is 0.440. The third-order valence-electron chi connectivity index (χ3n) is 3.09. The van der Waals surface area contributed by atoms with Crippen molar-refractivity contribution in [2.45, 2.75) is 31.7 Å². The molecule has 2 nitrogen and oxygen atoms in total. The van der Waals surface area contributed by atoms with Crippen LogP contribution in [0.15, 0.2) is 24.3 Å². The van der Waals surface area contributed by atoms with Gasteiger partial charge in [-0.25, -0.2) is 0 Å². The van der Waals surface area contributed by atoms with E-state index in [0.29, 0.717) is 12.0 Å². The molecule has 1 aromatic rings. The molecule has 0 heterocycles. The summed E-state index contributed by atoms with van der Waals surface area (Å²) in [6.45, 7) is 2.24. The van der Waals surface area contributed by atoms with E-state index < -0.39 is 0 Å². The van der Waals surface area contributed by atoms with Crippen LogP contribution >= 0.6 is 0 Å². The second kappa shape index (κ2) is 3.48. The maximum atomic E-state index is 5.50. The standard InChI is InChI=1S/C11H16N2/c1-8-10-5-3-2-4-9(10)6-7-11(8)13-12/h2-5,8,11,13H,6-7,12H2,1H3/t8-,11-/m0/s1. The molecule has 0 aromatic heterocycles. The Kier molecular flexibility index (Phi) is 2.34. The summed E-state index contributed by atoms with van der Waals surface area (Å²) in [7, 11) is 0. The molecule has 0 bridgehead atoms. The zero-order chi connectivity index (χ0) is 9.26. The first-order chi connectivity index (χ1) is 6.33. The van der Waals surface area contributed by atoms with E-state index in [2.05, 4.69) is 36.6 Å². The van der Waals surface area contributed by atoms with E-state index in [4.69, 9.17) is 5.84 Å². The van der Waals surface area contributed by atoms with Crippen LogP contribution in [0.3, 0.4) is 0 Å². The fraction of sp³-hybridized carbons (Fsp3) is 0.455. The Balaban J connectivity index is 2.33. The number of aryl methyl sites for hydroxylation is 1. The minimum Gasteiger partial charge on any atom is -0.271 e. The molecule has 3 N–H and O–H groups in total. The van der Waals surface area contributed by atoms with Gasteiger partial charge in [-0.15, -0.1) is 0 Å². The SMILES string of the molecule is C[C@H]1c2ccccc2CC[C@@H]1NN. The quantitative estimate of drug-likeness (QED) is 0.503. The monoisotopic (exact) mass is 176 g/mol. The maximum absolute atomic E-state index is 5.50. The van der Waals surface area contributed by atoms with Crippen LogP contribution in [0.1, 0.15) is 30.4 Å². The molecule has 0 amide bonds. The molecule has 0 radical (unpaired) electrons. The van der Waals surface area contributed by atoms with E-state index in [1.165, 1.54) is 11.1 Å². The second-order valence-electron chi connectivity index (χ2n) is 3.80. The predicted octanol–water partition coefficient (Wildman–Crippen LogP) is 1.57. The topological polar surface area (TPSA) is 38.0 Å². The van der Waals surface area contributed by atoms with E-state index >= 15 is 0 Å². The van der Waals surface area contributed by atoms with Gasteiger partial charge < -0.3 is 0 Å². The average molecular weight is 176 g/mol. The Bertz CT molecular complexity index is 296. The molecular formula is C11H16N2. The highest BCUT2D eigenvalue weighted by Gasteiger charge is 2.24. The van der Waals surface area contributed by atoms with E-state index in [9.17, 15) is 0 Å². The van der Waals surface area contributed by atoms with Gasteiger partial charge in [0.2, 0.25) is 0 Å². The van der Waals surface area contributed by atoms with Gasteiger partial charge in [-0.05, 0) is 29.9 Å². The van der Waals surface area contributed by atoms with Crippen LogP contribution in [0.4, 0.5) is 0 Å². The van der Waals surface area contributed by atoms with Crippen molar-refractivity contribution >= 4 is 0 Å². The third-order valence-corrected chi connectivity index (χ3v) is 3.09. The summed E-state index contributed by atoms with van der Waals surface area (Å²) in [5.74, 6) is 6.04. The van der Waals surface area contributed by atoms with Gasteiger partial charge in [-0.2, -0.15) is 0 Å². The number of hydrogen-bond donors (Lipinski definition) is 2. The fourth-order valence-corrected chi connectivity index (χ4v) is 2.21. The number of fused-ring (bicyclic) bond motifs is 1. The van der Waals surface area contributed by atoms with Gasteiger partial charge in [0, 0.05) is 6.04 Å². The highest BCUT2D eigenvalue weighted by Crippen LogP contribution is 2.30. The van der Waals surface area contributed by atoms with Crippen molar-refractivity contribution in [2.24, 2.45) is 5.84 Å². The normalized spacial score (nSPS) is 26.9. The molecule has 70 valence electrons. The Labute approximate surface area is 79.1 Å². The van der Waals surface area contributed by atoms with Crippen LogP contribution in [-0.4, -0.2) is 6.04 Å². The summed E-state index contributed by atoms with van der Waals surface area (Å²) >= 11 is 0. The van der Waals surface area contributed by atoms with Crippen LogP contribution in [0, 0.1) is 0 Å². The lowest BCUT2D eigenvalue weighted by Crippen LogP contribution is -2.41. The van der Waals surface area contributed by atoms with Gasteiger partial charge in [-0.1, -0.05) is 31.2 Å². The number of hydrazine groups is 1. The van der Waals surface area contributed by atoms with Gasteiger partial charge >= 0.3 is 0 Å². The number of hydrogen-bond acceptors (Lipinski definition) is 2. The van der Waals surface area contributed by atoms with Crippen molar-refractivity contribution in [3.05, 3.63) is 35.4 Å². The third kappa shape index (κ3) is 1.47. The molecule has 1 aromatic carbocycles. The second-order valence-corrected chi connectivity index (χ2v) is 3.80. The Hall–Kier alpha value is -0.860. The highest BCUT2D eigenvalue weighted by atomic mass is 15.2. The summed E-state index contributed by atoms with van der Waals surface area (Å²) in [5.41, 5.74) is 5.84. The molecule has 1 aliphatic carbocycles. The van der Waals surface area contributed by atoms with Crippen LogP contribution in [0.25, 0.3) is 0 Å². The maximum Gasteiger partial charge on any atom is 0.0279 e. The molecule has 2 heteroatoms. The lowest BCUT2D eigenvalue weighted by Gasteiger charge is -2.30. The predicted molar refractivity (Wildman–Crippen MR) is 54.3 cm³/mol. The van der Waals surface area contributed by atoms with Gasteiger partial charge in [-0.3, -0.25) is 11.3 Å². The van der Waals surface area contributed by atoms with Crippen molar-refractivity contribution in [3.63, 3.8) is 0 Å². The first-order valence-electron chi connectivity index (χ1n) is 4.87. The summed E-state index contributed by atoms with van der Waals surface area (Å²) in [5, 5.41) is 0. The summed E-state index contributed by atoms with van der Waals surface area (Å²) in [6, 6.07) is 9.09. The van der Waals surface area contributed by atoms with Crippen molar-refractivity contribution in [2.75, 3.05) is 0 Å². The average Bonchev–Trinajstić information content (AvgIpc) is 2.19. The molecule has 0 fully saturated rings. The van der Waals surface area contributed by atoms with Gasteiger partial charge in [0.25, 0.3) is 0 Å². The van der Waals surface area contributed by atoms with Crippen molar-refractivity contribution < 1.29 is 0 Å². The van der Waals surface area contributed by atoms with E-state index in [1.54, 1.807) is 0 Å². The summed E-state index contributed by atoms with van der Waals surface area (Å²) in [4.78, 5) is 0. The van der Waals surface area contributed by atoms with Crippen molar-refractivity contribution in [1.82, 2.24) is 5.43 Å². The molecule has 2 atom stereocenters. The van der Waals surface area contributed by atoms with Gasteiger partial charge in [0.15, 0.2) is 0 Å². The first-order valence-corrected chi connectivity index (χ1v) is 4.87. The Morgan fingerprint density at radius 3 is 2.92 bits per heavy atom. The molecule has 0 unspecified atom stereocenters. The van der Waals surface area contributed by atoms with E-state index in [-0.39, 0.29) is 0 Å². The summed E-state index contributed by atoms with van der Waals surface area (Å²) < 4.78 is 0. The zero-order valence-corrected chi connectivity index (χ0v) is 7.96. The van der Waals surface area contributed by atoms with Crippen LogP contribution in [-0.2, 0) is 6.42 Å². The molecule has 0 aliphatic heterocycles. The zero-order valence-electron chi connectivity index (χ0n) is 7.96. The van der Waals surface area contributed by atoms with E-state index in [1.807, 2.05) is 0 Å². The lowest BCUT2D eigenvalue weighted by molar-refractivity contribution is 0.412. The number of rotatable bonds is 1. The number of benzene rings is 1. The largest absolute Gasteiger partial charge is 0.271 e. The fourth-order valence-electron chi connectivity index (χ4n) is 2.21. The molecule has 0 spiro atoms. The molecule has 13 heavy (non-hydrogen) atoms. The van der Waals surface area contributed by atoms with Gasteiger partial charge in [0.1, 0.15) is 0 Å². The molecule has 0 saturated heterocycles. The minimum atomic E-state index is 0.440. The van der Waals surface area contributed by atoms with Gasteiger partial charge in [0.05, 0.1) is 0 Å². The van der Waals surface area contributed by atoms with E-state index in [0.717, 1.165) is 12.8 Å². The van der Waals surface area contributed by atoms with Crippen LogP contribution < -0.4 is 11.3 Å². The van der Waals surface area contributed by atoms with Crippen molar-refractivity contribution in [1.29, 1.82) is 0 Å². The smallest absolute Gasteiger partial charge is 0.0279 e. The van der Waals surface area contributed by atoms with Crippen LogP contribution in [0.2, 0.25) is 0 Å². The molecule has 1 aliphatic rings. The molecule has 0 saturated carbocycles. The molecular weight excluding hydrogens is 160 g/mol. The van der Waals surface area contributed by atoms with Crippen molar-refractivity contribution in [3.8, 4) is 0 Å². The Morgan fingerprint density at radius 1 is 1.38 bits per heavy atom. The summed E-state index contributed by atoms with van der Waals surface area (Å²) in [6.07, 6.45) is 2.30.